The van der Waals surface area contributed by atoms with Crippen LogP contribution in [0.4, 0.5) is 0 Å². The molecule has 0 spiro atoms. The maximum atomic E-state index is 8.98. The van der Waals surface area contributed by atoms with E-state index in [9.17, 15) is 0 Å². The number of hydrogen-bond acceptors (Lipinski definition) is 1. The van der Waals surface area contributed by atoms with Gasteiger partial charge in [-0.2, -0.15) is 0 Å². The minimum absolute atomic E-state index is 0.289. The lowest BCUT2D eigenvalue weighted by Crippen LogP contribution is -2.16. The predicted octanol–water partition coefficient (Wildman–Crippen LogP) is 4.28. The first kappa shape index (κ1) is 13.3. The summed E-state index contributed by atoms with van der Waals surface area (Å²) in [4.78, 5) is 0. The van der Waals surface area contributed by atoms with E-state index in [1.165, 1.54) is 23.1 Å². The maximum absolute atomic E-state index is 8.98. The third-order valence-electron chi connectivity index (χ3n) is 5.30. The van der Waals surface area contributed by atoms with E-state index in [1.807, 2.05) is 0 Å². The van der Waals surface area contributed by atoms with Crippen LogP contribution < -0.4 is 0 Å². The van der Waals surface area contributed by atoms with Crippen molar-refractivity contribution in [3.63, 3.8) is 0 Å². The van der Waals surface area contributed by atoms with E-state index in [4.69, 9.17) is 5.11 Å². The van der Waals surface area contributed by atoms with Gasteiger partial charge in [0.2, 0.25) is 0 Å². The van der Waals surface area contributed by atoms with E-state index >= 15 is 0 Å². The van der Waals surface area contributed by atoms with Gasteiger partial charge < -0.3 is 5.11 Å². The molecule has 0 unspecified atom stereocenters. The van der Waals surface area contributed by atoms with Crippen molar-refractivity contribution in [2.24, 2.45) is 0 Å². The van der Waals surface area contributed by atoms with Crippen molar-refractivity contribution in [2.75, 3.05) is 6.61 Å². The van der Waals surface area contributed by atoms with Crippen molar-refractivity contribution in [2.45, 2.75) is 38.8 Å². The molecule has 1 aromatic rings. The number of rotatable bonds is 4. The molecule has 0 saturated carbocycles. The SMILES string of the molecule is C[Si]1(C)C2=C1c1c(cccc1C1=CC(CCCO)=CC1)C2. The zero-order valence-electron chi connectivity index (χ0n) is 12.9. The summed E-state index contributed by atoms with van der Waals surface area (Å²) in [6.45, 7) is 5.27. The molecule has 0 bridgehead atoms. The largest absolute Gasteiger partial charge is 0.396 e. The summed E-state index contributed by atoms with van der Waals surface area (Å²) >= 11 is 0. The molecule has 0 fully saturated rings. The quantitative estimate of drug-likeness (QED) is 0.822. The second kappa shape index (κ2) is 4.55. The zero-order chi connectivity index (χ0) is 14.6. The summed E-state index contributed by atoms with van der Waals surface area (Å²) in [5.41, 5.74) is 7.49. The molecule has 0 saturated heterocycles. The predicted molar refractivity (Wildman–Crippen MR) is 91.5 cm³/mol. The number of allylic oxidation sites excluding steroid dienone is 5. The third kappa shape index (κ3) is 1.93. The summed E-state index contributed by atoms with van der Waals surface area (Å²) in [7, 11) is -1.12. The summed E-state index contributed by atoms with van der Waals surface area (Å²) < 4.78 is 0. The Balaban J connectivity index is 1.67. The van der Waals surface area contributed by atoms with Crippen molar-refractivity contribution in [3.8, 4) is 0 Å². The summed E-state index contributed by atoms with van der Waals surface area (Å²) in [6, 6.07) is 6.85. The number of benzene rings is 1. The van der Waals surface area contributed by atoms with Crippen LogP contribution in [0.3, 0.4) is 0 Å². The Labute approximate surface area is 127 Å². The fraction of sp³-hybridized carbons (Fsp3) is 0.368. The Bertz CT molecular complexity index is 719. The second-order valence-electron chi connectivity index (χ2n) is 6.97. The van der Waals surface area contributed by atoms with Crippen molar-refractivity contribution >= 4 is 18.8 Å². The standard InChI is InChI=1S/C19H22OSi/c1-21(2)17-12-15-6-3-7-16(18(15)19(17)21)14-9-8-13(11-14)5-4-10-20/h3,6-8,11,20H,4-5,9-10,12H2,1-2H3. The average Bonchev–Trinajstić information content (AvgIpc) is 2.92. The van der Waals surface area contributed by atoms with Crippen molar-refractivity contribution in [3.05, 3.63) is 57.8 Å². The van der Waals surface area contributed by atoms with Gasteiger partial charge in [0.15, 0.2) is 0 Å². The molecule has 1 nitrogen and oxygen atoms in total. The van der Waals surface area contributed by atoms with Gasteiger partial charge in [-0.1, -0.05) is 59.4 Å². The van der Waals surface area contributed by atoms with Gasteiger partial charge in [0.1, 0.15) is 8.07 Å². The highest BCUT2D eigenvalue weighted by atomic mass is 28.3. The highest BCUT2D eigenvalue weighted by molar-refractivity contribution is 7.13. The van der Waals surface area contributed by atoms with E-state index in [0.717, 1.165) is 19.3 Å². The van der Waals surface area contributed by atoms with Gasteiger partial charge in [-0.15, -0.1) is 0 Å². The Morgan fingerprint density at radius 1 is 1.24 bits per heavy atom. The first-order chi connectivity index (χ1) is 10.1. The first-order valence-electron chi connectivity index (χ1n) is 8.00. The molecule has 1 N–H and O–H groups in total. The molecule has 0 amide bonds. The van der Waals surface area contributed by atoms with Gasteiger partial charge in [0, 0.05) is 6.61 Å². The second-order valence-corrected chi connectivity index (χ2v) is 11.3. The molecule has 0 atom stereocenters. The monoisotopic (exact) mass is 294 g/mol. The van der Waals surface area contributed by atoms with Crippen molar-refractivity contribution in [1.82, 2.24) is 0 Å². The lowest BCUT2D eigenvalue weighted by molar-refractivity contribution is 0.289. The van der Waals surface area contributed by atoms with Crippen LogP contribution in [0.1, 0.15) is 36.0 Å². The van der Waals surface area contributed by atoms with E-state index in [1.54, 1.807) is 21.5 Å². The number of hydrogen-bond donors (Lipinski definition) is 1. The zero-order valence-corrected chi connectivity index (χ0v) is 13.9. The van der Waals surface area contributed by atoms with Gasteiger partial charge in [0.05, 0.1) is 0 Å². The fourth-order valence-corrected chi connectivity index (χ4v) is 7.66. The van der Waals surface area contributed by atoms with Crippen LogP contribution in [0.25, 0.3) is 10.8 Å². The van der Waals surface area contributed by atoms with Crippen LogP contribution in [0.15, 0.2) is 41.1 Å². The smallest absolute Gasteiger partial charge is 0.108 e. The minimum Gasteiger partial charge on any atom is -0.396 e. The normalized spacial score (nSPS) is 21.1. The molecule has 2 aliphatic carbocycles. The molecule has 1 aromatic carbocycles. The van der Waals surface area contributed by atoms with Gasteiger partial charge in [-0.05, 0) is 47.9 Å². The van der Waals surface area contributed by atoms with Gasteiger partial charge >= 0.3 is 0 Å². The minimum atomic E-state index is -1.12. The highest BCUT2D eigenvalue weighted by Crippen LogP contribution is 2.57. The topological polar surface area (TPSA) is 20.2 Å². The van der Waals surface area contributed by atoms with Gasteiger partial charge in [-0.3, -0.25) is 0 Å². The van der Waals surface area contributed by atoms with Crippen LogP contribution in [-0.2, 0) is 6.42 Å². The Morgan fingerprint density at radius 2 is 2.10 bits per heavy atom. The molecule has 1 aliphatic heterocycles. The molecule has 3 aliphatic rings. The first-order valence-corrected chi connectivity index (χ1v) is 11.0. The van der Waals surface area contributed by atoms with Crippen molar-refractivity contribution < 1.29 is 5.11 Å². The molecule has 4 rings (SSSR count). The molecule has 21 heavy (non-hydrogen) atoms. The number of aliphatic hydroxyl groups is 1. The van der Waals surface area contributed by atoms with E-state index < -0.39 is 8.07 Å². The molecular weight excluding hydrogens is 272 g/mol. The molecule has 2 heteroatoms. The van der Waals surface area contributed by atoms with Crippen LogP contribution >= 0.6 is 0 Å². The molecule has 108 valence electrons. The number of fused-ring (bicyclic) bond motifs is 2. The Kier molecular flexibility index (Phi) is 2.88. The third-order valence-corrected chi connectivity index (χ3v) is 8.79. The van der Waals surface area contributed by atoms with Gasteiger partial charge in [0.25, 0.3) is 0 Å². The van der Waals surface area contributed by atoms with Crippen molar-refractivity contribution in [1.29, 1.82) is 0 Å². The van der Waals surface area contributed by atoms with Crippen LogP contribution in [0.5, 0.6) is 0 Å². The van der Waals surface area contributed by atoms with E-state index in [2.05, 4.69) is 43.4 Å². The fourth-order valence-electron chi connectivity index (χ4n) is 4.05. The molecule has 0 radical (unpaired) electrons. The van der Waals surface area contributed by atoms with E-state index in [-0.39, 0.29) is 6.61 Å². The summed E-state index contributed by atoms with van der Waals surface area (Å²) in [5, 5.41) is 12.5. The Morgan fingerprint density at radius 3 is 2.90 bits per heavy atom. The molecule has 1 heterocycles. The Hall–Kier alpha value is -1.38. The van der Waals surface area contributed by atoms with Gasteiger partial charge in [-0.25, -0.2) is 0 Å². The maximum Gasteiger partial charge on any atom is 0.108 e. The van der Waals surface area contributed by atoms with Crippen LogP contribution in [-0.4, -0.2) is 19.8 Å². The van der Waals surface area contributed by atoms with E-state index in [0.29, 0.717) is 0 Å². The summed E-state index contributed by atoms with van der Waals surface area (Å²) in [6.07, 6.45) is 8.85. The van der Waals surface area contributed by atoms with Crippen LogP contribution in [0, 0.1) is 0 Å². The molecule has 0 aromatic heterocycles. The summed E-state index contributed by atoms with van der Waals surface area (Å²) in [5.74, 6) is 0. The average molecular weight is 294 g/mol. The highest BCUT2D eigenvalue weighted by Gasteiger charge is 2.52. The number of aliphatic hydroxyl groups excluding tert-OH is 1. The lowest BCUT2D eigenvalue weighted by Gasteiger charge is -2.17. The van der Waals surface area contributed by atoms with Crippen LogP contribution in [0.2, 0.25) is 13.1 Å². The molecular formula is C19H22OSi. The lowest BCUT2D eigenvalue weighted by atomic mass is 9.96.